The summed E-state index contributed by atoms with van der Waals surface area (Å²) < 4.78 is 18.0. The van der Waals surface area contributed by atoms with Gasteiger partial charge in [-0.3, -0.25) is 0 Å². The van der Waals surface area contributed by atoms with E-state index >= 15 is 0 Å². The first-order valence-corrected chi connectivity index (χ1v) is 19.6. The molecule has 0 amide bonds. The van der Waals surface area contributed by atoms with Crippen LogP contribution in [0.25, 0.3) is 11.0 Å². The summed E-state index contributed by atoms with van der Waals surface area (Å²) in [6.07, 6.45) is 19.9. The molecule has 2 aromatic rings. The topological polar surface area (TPSA) is 65.7 Å². The van der Waals surface area contributed by atoms with E-state index in [2.05, 4.69) is 40.7 Å². The summed E-state index contributed by atoms with van der Waals surface area (Å²) >= 11 is 0. The largest absolute Gasteiger partial charge is 0.481 e. The molecule has 5 nitrogen and oxygen atoms in total. The fraction of sp³-hybridized carbons (Fsp3) is 0.721. The third-order valence-corrected chi connectivity index (χ3v) is 14.3. The summed E-state index contributed by atoms with van der Waals surface area (Å²) in [5.41, 5.74) is 5.31. The number of hydrogen-bond acceptors (Lipinski definition) is 5. The van der Waals surface area contributed by atoms with Crippen LogP contribution in [0, 0.1) is 53.3 Å². The first kappa shape index (κ1) is 33.9. The van der Waals surface area contributed by atoms with E-state index in [-0.39, 0.29) is 29.7 Å². The Balaban J connectivity index is 0.991. The van der Waals surface area contributed by atoms with Gasteiger partial charge in [0.1, 0.15) is 17.4 Å². The number of fused-ring (bicyclic) bond motifs is 8. The van der Waals surface area contributed by atoms with Crippen molar-refractivity contribution >= 4 is 16.9 Å². The van der Waals surface area contributed by atoms with Crippen molar-refractivity contribution in [1.82, 2.24) is 0 Å². The lowest BCUT2D eigenvalue weighted by atomic mass is 9.47. The predicted octanol–water partition coefficient (Wildman–Crippen LogP) is 10.3. The molecule has 5 heteroatoms. The predicted molar refractivity (Wildman–Crippen MR) is 192 cm³/mol. The highest BCUT2D eigenvalue weighted by molar-refractivity contribution is 5.89. The Morgan fingerprint density at radius 1 is 0.979 bits per heavy atom. The third-order valence-electron chi connectivity index (χ3n) is 14.3. The van der Waals surface area contributed by atoms with Crippen molar-refractivity contribution in [3.8, 4) is 5.75 Å². The molecule has 7 rings (SSSR count). The molecular formula is C43H60O5. The fourth-order valence-electron chi connectivity index (χ4n) is 11.9. The van der Waals surface area contributed by atoms with E-state index in [1.54, 1.807) is 5.57 Å². The zero-order chi connectivity index (χ0) is 33.8. The van der Waals surface area contributed by atoms with E-state index in [1.165, 1.54) is 51.4 Å². The molecule has 0 bridgehead atoms. The average Bonchev–Trinajstić information content (AvgIpc) is 3.41. The molecule has 0 spiro atoms. The zero-order valence-corrected chi connectivity index (χ0v) is 30.6. The van der Waals surface area contributed by atoms with Gasteiger partial charge in [0.25, 0.3) is 0 Å². The van der Waals surface area contributed by atoms with Crippen LogP contribution in [0.1, 0.15) is 135 Å². The Morgan fingerprint density at radius 2 is 1.77 bits per heavy atom. The molecule has 3 fully saturated rings. The van der Waals surface area contributed by atoms with Gasteiger partial charge >= 0.3 is 11.6 Å². The minimum absolute atomic E-state index is 0.0894. The maximum atomic E-state index is 13.2. The van der Waals surface area contributed by atoms with Crippen LogP contribution in [0.5, 0.6) is 5.75 Å². The highest BCUT2D eigenvalue weighted by atomic mass is 16.6. The number of carbonyl (C=O) groups excluding carboxylic acids is 1. The Morgan fingerprint density at radius 3 is 2.56 bits per heavy atom. The second kappa shape index (κ2) is 13.3. The van der Waals surface area contributed by atoms with E-state index in [4.69, 9.17) is 13.9 Å². The van der Waals surface area contributed by atoms with Crippen molar-refractivity contribution in [2.75, 3.05) is 6.61 Å². The van der Waals surface area contributed by atoms with Crippen LogP contribution < -0.4 is 10.4 Å². The van der Waals surface area contributed by atoms with Crippen LogP contribution in [0.3, 0.4) is 0 Å². The average molecular weight is 657 g/mol. The Bertz CT molecular complexity index is 1610. The van der Waals surface area contributed by atoms with Gasteiger partial charge in [0, 0.05) is 12.0 Å². The van der Waals surface area contributed by atoms with Crippen molar-refractivity contribution < 1.29 is 18.7 Å². The molecule has 0 unspecified atom stereocenters. The summed E-state index contributed by atoms with van der Waals surface area (Å²) in [6.45, 7) is 14.3. The van der Waals surface area contributed by atoms with Crippen molar-refractivity contribution in [2.24, 2.45) is 46.3 Å². The van der Waals surface area contributed by atoms with Crippen molar-refractivity contribution in [2.45, 2.75) is 144 Å². The van der Waals surface area contributed by atoms with Crippen molar-refractivity contribution in [3.63, 3.8) is 0 Å². The number of aryl methyl sites for hydroxylation is 2. The lowest BCUT2D eigenvalue weighted by molar-refractivity contribution is -0.153. The molecule has 0 radical (unpaired) electrons. The van der Waals surface area contributed by atoms with Crippen LogP contribution in [0.4, 0.5) is 0 Å². The van der Waals surface area contributed by atoms with Crippen LogP contribution in [-0.2, 0) is 22.4 Å². The molecule has 8 atom stereocenters. The minimum atomic E-state index is -0.313. The Kier molecular flexibility index (Phi) is 9.39. The lowest BCUT2D eigenvalue weighted by Crippen LogP contribution is -2.51. The van der Waals surface area contributed by atoms with E-state index < -0.39 is 0 Å². The molecule has 262 valence electrons. The number of ether oxygens (including phenoxy) is 2. The summed E-state index contributed by atoms with van der Waals surface area (Å²) in [5, 5.41) is 0.843. The summed E-state index contributed by atoms with van der Waals surface area (Å²) in [6, 6.07) is 3.85. The number of benzene rings is 1. The van der Waals surface area contributed by atoms with Crippen LogP contribution in [0.2, 0.25) is 0 Å². The van der Waals surface area contributed by atoms with Gasteiger partial charge in [-0.1, -0.05) is 65.5 Å². The van der Waals surface area contributed by atoms with Gasteiger partial charge in [0.15, 0.2) is 6.61 Å². The molecular weight excluding hydrogens is 596 g/mol. The van der Waals surface area contributed by atoms with Gasteiger partial charge in [-0.2, -0.15) is 0 Å². The SMILES string of the molecule is Cc1cc(OCC(=O)O[C@@H]2CC[C@]3(C)C(=CC[C@@H]4[C@H]3CC[C@@]3(C)[C@@H]([C@H](C)CCCC(C)C)CC[C@@H]43)C2)c2c3c(c(=O)oc2c1)CCCC3. The van der Waals surface area contributed by atoms with Gasteiger partial charge in [-0.15, -0.1) is 0 Å². The molecule has 0 aliphatic heterocycles. The standard InChI is InChI=1S/C43H60O5/c1-26(2)10-9-11-28(4)34-16-17-35-33-15-14-29-24-30(18-20-42(29,5)36(33)19-21-43(34,35)6)47-39(44)25-46-37-22-27(3)23-38-40(37)31-12-7-8-13-32(31)41(45)48-38/h14,22-23,26,28,30,33-36H,7-13,15-21,24-25H2,1-6H3/t28-,30-,33+,34-,35+,36-,42-,43+/m1/s1. The minimum Gasteiger partial charge on any atom is -0.481 e. The van der Waals surface area contributed by atoms with E-state index in [0.29, 0.717) is 16.7 Å². The molecule has 5 aliphatic rings. The molecule has 0 N–H and O–H groups in total. The molecule has 1 aromatic carbocycles. The van der Waals surface area contributed by atoms with Gasteiger partial charge in [0.05, 0.1) is 5.39 Å². The summed E-state index contributed by atoms with van der Waals surface area (Å²) in [4.78, 5) is 25.9. The maximum absolute atomic E-state index is 13.2. The van der Waals surface area contributed by atoms with Crippen LogP contribution >= 0.6 is 0 Å². The van der Waals surface area contributed by atoms with E-state index in [9.17, 15) is 9.59 Å². The Labute approximate surface area is 288 Å². The molecule has 48 heavy (non-hydrogen) atoms. The highest BCUT2D eigenvalue weighted by Crippen LogP contribution is 2.67. The highest BCUT2D eigenvalue weighted by Gasteiger charge is 2.59. The normalized spacial score (nSPS) is 33.3. The molecule has 1 heterocycles. The van der Waals surface area contributed by atoms with Crippen LogP contribution in [-0.4, -0.2) is 18.7 Å². The number of carbonyl (C=O) groups is 1. The molecule has 0 saturated heterocycles. The maximum Gasteiger partial charge on any atom is 0.344 e. The molecule has 3 saturated carbocycles. The second-order valence-corrected chi connectivity index (χ2v) is 17.6. The molecule has 5 aliphatic carbocycles. The van der Waals surface area contributed by atoms with Crippen molar-refractivity contribution in [1.29, 1.82) is 0 Å². The lowest BCUT2D eigenvalue weighted by Gasteiger charge is -2.58. The number of allylic oxidation sites excluding steroid dienone is 1. The number of rotatable bonds is 9. The summed E-state index contributed by atoms with van der Waals surface area (Å²) in [5.74, 6) is 5.25. The smallest absolute Gasteiger partial charge is 0.344 e. The first-order valence-electron chi connectivity index (χ1n) is 19.6. The van der Waals surface area contributed by atoms with Crippen molar-refractivity contribution in [3.05, 3.63) is 50.9 Å². The first-order chi connectivity index (χ1) is 23.0. The monoisotopic (exact) mass is 656 g/mol. The Hall–Kier alpha value is -2.56. The van der Waals surface area contributed by atoms with E-state index in [1.807, 2.05) is 19.1 Å². The zero-order valence-electron chi connectivity index (χ0n) is 30.6. The second-order valence-electron chi connectivity index (χ2n) is 17.6. The van der Waals surface area contributed by atoms with E-state index in [0.717, 1.165) is 103 Å². The van der Waals surface area contributed by atoms with Gasteiger partial charge in [-0.05, 0) is 147 Å². The van der Waals surface area contributed by atoms with Gasteiger partial charge < -0.3 is 13.9 Å². The van der Waals surface area contributed by atoms with Crippen LogP contribution in [0.15, 0.2) is 33.0 Å². The fourth-order valence-corrected chi connectivity index (χ4v) is 11.9. The number of hydrogen-bond donors (Lipinski definition) is 0. The summed E-state index contributed by atoms with van der Waals surface area (Å²) in [7, 11) is 0. The third kappa shape index (κ3) is 6.08. The van der Waals surface area contributed by atoms with Gasteiger partial charge in [0.2, 0.25) is 0 Å². The quantitative estimate of drug-likeness (QED) is 0.153. The van der Waals surface area contributed by atoms with Gasteiger partial charge in [-0.25, -0.2) is 9.59 Å². The molecule has 1 aromatic heterocycles. The number of esters is 1.